The van der Waals surface area contributed by atoms with Gasteiger partial charge in [0.25, 0.3) is 0 Å². The van der Waals surface area contributed by atoms with E-state index in [4.69, 9.17) is 11.6 Å². The van der Waals surface area contributed by atoms with E-state index in [1.165, 1.54) is 9.80 Å². The highest BCUT2D eigenvalue weighted by Crippen LogP contribution is 2.16. The molecule has 112 valence electrons. The van der Waals surface area contributed by atoms with Crippen molar-refractivity contribution in [2.45, 2.75) is 19.9 Å². The van der Waals surface area contributed by atoms with Crippen molar-refractivity contribution in [3.05, 3.63) is 34.9 Å². The number of rotatable bonds is 4. The number of hydrogen-bond donors (Lipinski definition) is 0. The van der Waals surface area contributed by atoms with E-state index >= 15 is 0 Å². The van der Waals surface area contributed by atoms with Crippen LogP contribution in [-0.4, -0.2) is 53.1 Å². The van der Waals surface area contributed by atoms with Gasteiger partial charge in [0, 0.05) is 30.2 Å². The molecular formula is C15H17ClN2O3. The number of carbonyl (C=O) groups excluding carboxylic acids is 3. The molecule has 0 radical (unpaired) electrons. The van der Waals surface area contributed by atoms with Gasteiger partial charge in [0.1, 0.15) is 0 Å². The van der Waals surface area contributed by atoms with Crippen molar-refractivity contribution in [3.8, 4) is 0 Å². The molecule has 2 rings (SSSR count). The van der Waals surface area contributed by atoms with Gasteiger partial charge < -0.3 is 9.80 Å². The monoisotopic (exact) mass is 308 g/mol. The third-order valence-corrected chi connectivity index (χ3v) is 3.95. The van der Waals surface area contributed by atoms with E-state index in [-0.39, 0.29) is 5.78 Å². The lowest BCUT2D eigenvalue weighted by molar-refractivity contribution is -0.156. The molecule has 0 saturated carbocycles. The summed E-state index contributed by atoms with van der Waals surface area (Å²) >= 11 is 5.79. The van der Waals surface area contributed by atoms with Crippen molar-refractivity contribution < 1.29 is 14.4 Å². The lowest BCUT2D eigenvalue weighted by Crippen LogP contribution is -2.58. The van der Waals surface area contributed by atoms with Gasteiger partial charge in [-0.2, -0.15) is 0 Å². The number of benzene rings is 1. The highest BCUT2D eigenvalue weighted by Gasteiger charge is 2.36. The molecular weight excluding hydrogens is 292 g/mol. The molecule has 0 N–H and O–H groups in total. The predicted octanol–water partition coefficient (Wildman–Crippen LogP) is 1.60. The second-order valence-electron chi connectivity index (χ2n) is 4.93. The largest absolute Gasteiger partial charge is 0.333 e. The van der Waals surface area contributed by atoms with Crippen LogP contribution in [0, 0.1) is 0 Å². The lowest BCUT2D eigenvalue weighted by Gasteiger charge is -2.36. The van der Waals surface area contributed by atoms with Gasteiger partial charge in [-0.1, -0.05) is 11.6 Å². The van der Waals surface area contributed by atoms with Gasteiger partial charge in [-0.05, 0) is 38.1 Å². The summed E-state index contributed by atoms with van der Waals surface area (Å²) in [6.07, 6.45) is 0. The molecule has 0 spiro atoms. The average molecular weight is 309 g/mol. The van der Waals surface area contributed by atoms with Crippen molar-refractivity contribution in [2.75, 3.05) is 19.6 Å². The number of likely N-dealkylation sites (N-methyl/N-ethyl adjacent to an activating group) is 1. The van der Waals surface area contributed by atoms with Gasteiger partial charge in [-0.15, -0.1) is 0 Å². The second kappa shape index (κ2) is 6.26. The molecule has 1 heterocycles. The maximum atomic E-state index is 12.4. The summed E-state index contributed by atoms with van der Waals surface area (Å²) in [6, 6.07) is 5.83. The number of ketones is 1. The van der Waals surface area contributed by atoms with Crippen molar-refractivity contribution in [1.29, 1.82) is 0 Å². The molecule has 1 fully saturated rings. The first-order valence-corrected chi connectivity index (χ1v) is 7.23. The molecule has 1 atom stereocenters. The van der Waals surface area contributed by atoms with Gasteiger partial charge in [0.15, 0.2) is 5.78 Å². The Kier molecular flexibility index (Phi) is 4.63. The van der Waals surface area contributed by atoms with Crippen LogP contribution in [0.25, 0.3) is 0 Å². The first kappa shape index (κ1) is 15.5. The molecule has 0 aliphatic carbocycles. The molecule has 21 heavy (non-hydrogen) atoms. The van der Waals surface area contributed by atoms with Crippen molar-refractivity contribution >= 4 is 29.2 Å². The number of amides is 2. The fourth-order valence-electron chi connectivity index (χ4n) is 2.36. The third kappa shape index (κ3) is 3.08. The fraction of sp³-hybridized carbons (Fsp3) is 0.400. The summed E-state index contributed by atoms with van der Waals surface area (Å²) in [5.74, 6) is -1.35. The zero-order valence-corrected chi connectivity index (χ0v) is 12.8. The Morgan fingerprint density at radius 1 is 1.19 bits per heavy atom. The lowest BCUT2D eigenvalue weighted by atomic mass is 10.0. The Morgan fingerprint density at radius 3 is 2.38 bits per heavy atom. The third-order valence-electron chi connectivity index (χ3n) is 3.70. The first-order chi connectivity index (χ1) is 9.95. The SMILES string of the molecule is CCN1CCN(C(C)C(=O)c2ccc(Cl)cc2)C(=O)C1=O. The van der Waals surface area contributed by atoms with Crippen LogP contribution in [0.3, 0.4) is 0 Å². The maximum absolute atomic E-state index is 12.4. The van der Waals surface area contributed by atoms with E-state index in [0.29, 0.717) is 30.2 Å². The van der Waals surface area contributed by atoms with Crippen LogP contribution in [0.2, 0.25) is 5.02 Å². The number of nitrogens with zero attached hydrogens (tertiary/aromatic N) is 2. The van der Waals surface area contributed by atoms with Crippen molar-refractivity contribution in [3.63, 3.8) is 0 Å². The van der Waals surface area contributed by atoms with Crippen LogP contribution in [0.1, 0.15) is 24.2 Å². The smallest absolute Gasteiger partial charge is 0.312 e. The normalized spacial score (nSPS) is 17.1. The van der Waals surface area contributed by atoms with Crippen molar-refractivity contribution in [2.24, 2.45) is 0 Å². The van der Waals surface area contributed by atoms with E-state index in [2.05, 4.69) is 0 Å². The van der Waals surface area contributed by atoms with Gasteiger partial charge in [0.05, 0.1) is 6.04 Å². The Bertz CT molecular complexity index is 571. The van der Waals surface area contributed by atoms with Crippen LogP contribution in [0.5, 0.6) is 0 Å². The van der Waals surface area contributed by atoms with E-state index in [0.717, 1.165) is 0 Å². The zero-order valence-electron chi connectivity index (χ0n) is 12.0. The molecule has 0 aromatic heterocycles. The second-order valence-corrected chi connectivity index (χ2v) is 5.37. The number of piperazine rings is 1. The fourth-order valence-corrected chi connectivity index (χ4v) is 2.48. The Hall–Kier alpha value is -1.88. The molecule has 1 aromatic carbocycles. The minimum Gasteiger partial charge on any atom is -0.333 e. The van der Waals surface area contributed by atoms with E-state index in [1.807, 2.05) is 6.92 Å². The van der Waals surface area contributed by atoms with Crippen LogP contribution in [-0.2, 0) is 9.59 Å². The molecule has 1 saturated heterocycles. The minimum atomic E-state index is -0.665. The number of halogens is 1. The van der Waals surface area contributed by atoms with Crippen molar-refractivity contribution in [1.82, 2.24) is 9.80 Å². The Balaban J connectivity index is 2.14. The van der Waals surface area contributed by atoms with Gasteiger partial charge >= 0.3 is 11.8 Å². The highest BCUT2D eigenvalue weighted by molar-refractivity contribution is 6.36. The van der Waals surface area contributed by atoms with Gasteiger partial charge in [0.2, 0.25) is 0 Å². The number of carbonyl (C=O) groups is 3. The van der Waals surface area contributed by atoms with Crippen LogP contribution < -0.4 is 0 Å². The first-order valence-electron chi connectivity index (χ1n) is 6.85. The summed E-state index contributed by atoms with van der Waals surface area (Å²) in [7, 11) is 0. The summed E-state index contributed by atoms with van der Waals surface area (Å²) in [5, 5.41) is 0.544. The summed E-state index contributed by atoms with van der Waals surface area (Å²) in [6.45, 7) is 4.79. The quantitative estimate of drug-likeness (QED) is 0.627. The molecule has 2 amide bonds. The standard InChI is InChI=1S/C15H17ClN2O3/c1-3-17-8-9-18(15(21)14(17)20)10(2)13(19)11-4-6-12(16)7-5-11/h4-7,10H,3,8-9H2,1-2H3. The van der Waals surface area contributed by atoms with E-state index < -0.39 is 17.9 Å². The van der Waals surface area contributed by atoms with Gasteiger partial charge in [-0.25, -0.2) is 0 Å². The summed E-state index contributed by atoms with van der Waals surface area (Å²) < 4.78 is 0. The molecule has 1 aromatic rings. The Labute approximate surface area is 128 Å². The summed E-state index contributed by atoms with van der Waals surface area (Å²) in [4.78, 5) is 39.2. The van der Waals surface area contributed by atoms with Crippen LogP contribution in [0.15, 0.2) is 24.3 Å². The Morgan fingerprint density at radius 2 is 1.81 bits per heavy atom. The topological polar surface area (TPSA) is 57.7 Å². The molecule has 5 nitrogen and oxygen atoms in total. The molecule has 1 aliphatic heterocycles. The highest BCUT2D eigenvalue weighted by atomic mass is 35.5. The zero-order chi connectivity index (χ0) is 15.6. The number of hydrogen-bond acceptors (Lipinski definition) is 3. The predicted molar refractivity (Wildman–Crippen MR) is 79.2 cm³/mol. The molecule has 1 unspecified atom stereocenters. The number of Topliss-reactive ketones (excluding diaryl/α,β-unsaturated/α-hetero) is 1. The summed E-state index contributed by atoms with van der Waals surface area (Å²) in [5.41, 5.74) is 0.477. The van der Waals surface area contributed by atoms with E-state index in [1.54, 1.807) is 31.2 Å². The van der Waals surface area contributed by atoms with E-state index in [9.17, 15) is 14.4 Å². The van der Waals surface area contributed by atoms with Crippen LogP contribution in [0.4, 0.5) is 0 Å². The van der Waals surface area contributed by atoms with Gasteiger partial charge in [-0.3, -0.25) is 14.4 Å². The molecule has 1 aliphatic rings. The molecule has 6 heteroatoms. The molecule has 0 bridgehead atoms. The maximum Gasteiger partial charge on any atom is 0.312 e. The average Bonchev–Trinajstić information content (AvgIpc) is 2.49. The minimum absolute atomic E-state index is 0.197. The van der Waals surface area contributed by atoms with Crippen LogP contribution >= 0.6 is 11.6 Å².